The van der Waals surface area contributed by atoms with E-state index in [-0.39, 0.29) is 6.10 Å². The third-order valence-electron chi connectivity index (χ3n) is 6.09. The van der Waals surface area contributed by atoms with E-state index >= 15 is 0 Å². The van der Waals surface area contributed by atoms with Gasteiger partial charge >= 0.3 is 0 Å². The second-order valence-electron chi connectivity index (χ2n) is 8.48. The Kier molecular flexibility index (Phi) is 5.34. The average Bonchev–Trinajstić information content (AvgIpc) is 3.32. The molecule has 0 aliphatic carbocycles. The first kappa shape index (κ1) is 21.2. The number of fused-ring (bicyclic) bond motifs is 2. The first-order chi connectivity index (χ1) is 17.2. The molecule has 0 radical (unpaired) electrons. The Bertz CT molecular complexity index is 1500. The number of hydrogen-bond donors (Lipinski definition) is 2. The molecule has 1 atom stereocenters. The smallest absolute Gasteiger partial charge is 0.184 e. The van der Waals surface area contributed by atoms with Crippen LogP contribution in [0, 0.1) is 0 Å². The Morgan fingerprint density at radius 3 is 2.80 bits per heavy atom. The molecule has 1 fully saturated rings. The van der Waals surface area contributed by atoms with Crippen LogP contribution in [-0.4, -0.2) is 62.4 Å². The Balaban J connectivity index is 1.41. The molecule has 0 amide bonds. The lowest BCUT2D eigenvalue weighted by Crippen LogP contribution is -2.41. The van der Waals surface area contributed by atoms with Gasteiger partial charge in [-0.25, -0.2) is 24.5 Å². The topological polar surface area (TPSA) is 105 Å². The highest BCUT2D eigenvalue weighted by Gasteiger charge is 2.19. The van der Waals surface area contributed by atoms with Gasteiger partial charge in [-0.15, -0.1) is 5.10 Å². The summed E-state index contributed by atoms with van der Waals surface area (Å²) in [5.41, 5.74) is 2.70. The molecule has 5 aromatic heterocycles. The van der Waals surface area contributed by atoms with E-state index in [0.29, 0.717) is 11.6 Å². The van der Waals surface area contributed by atoms with Crippen molar-refractivity contribution in [1.29, 1.82) is 0 Å². The van der Waals surface area contributed by atoms with Crippen LogP contribution in [0.2, 0.25) is 0 Å². The molecule has 5 aromatic rings. The van der Waals surface area contributed by atoms with Crippen molar-refractivity contribution >= 4 is 39.6 Å². The summed E-state index contributed by atoms with van der Waals surface area (Å²) >= 11 is 0. The monoisotopic (exact) mass is 467 g/mol. The van der Waals surface area contributed by atoms with Crippen molar-refractivity contribution in [3.05, 3.63) is 61.2 Å². The van der Waals surface area contributed by atoms with Gasteiger partial charge in [0.25, 0.3) is 0 Å². The Hall–Kier alpha value is -4.31. The minimum Gasteiger partial charge on any atom is -0.375 e. The van der Waals surface area contributed by atoms with Crippen molar-refractivity contribution in [3.8, 4) is 11.4 Å². The zero-order valence-corrected chi connectivity index (χ0v) is 19.5. The van der Waals surface area contributed by atoms with E-state index in [1.807, 2.05) is 48.1 Å². The molecular formula is C25H25N9O. The van der Waals surface area contributed by atoms with Gasteiger partial charge in [0, 0.05) is 55.1 Å². The Labute approximate surface area is 202 Å². The zero-order chi connectivity index (χ0) is 23.8. The molecular weight excluding hydrogens is 442 g/mol. The van der Waals surface area contributed by atoms with Crippen molar-refractivity contribution in [2.75, 3.05) is 42.3 Å². The summed E-state index contributed by atoms with van der Waals surface area (Å²) in [7, 11) is 1.85. The SMILES string of the molecule is CNc1ncc(-c2nc3ccc(N4CCO[C@H](C)C4)cn3n2)c2cc(Nc3ccccn3)ncc12. The van der Waals surface area contributed by atoms with Gasteiger partial charge in [0.1, 0.15) is 17.5 Å². The van der Waals surface area contributed by atoms with Crippen molar-refractivity contribution < 1.29 is 4.74 Å². The summed E-state index contributed by atoms with van der Waals surface area (Å²) < 4.78 is 7.51. The molecule has 2 N–H and O–H groups in total. The van der Waals surface area contributed by atoms with E-state index in [1.54, 1.807) is 18.6 Å². The molecule has 35 heavy (non-hydrogen) atoms. The standard InChI is InChI=1S/C25H25N9O/c1-16-14-33(9-10-35-16)17-6-7-23-31-25(32-34(23)15-17)20-13-29-24(26-2)19-12-28-22(11-18(19)20)30-21-5-3-4-8-27-21/h3-8,11-13,15-16H,9-10,14H2,1-2H3,(H,26,29)(H,27,28,30)/t16-/m1/s1. The predicted octanol–water partition coefficient (Wildman–Crippen LogP) is 3.74. The first-order valence-electron chi connectivity index (χ1n) is 11.6. The van der Waals surface area contributed by atoms with Crippen LogP contribution in [-0.2, 0) is 4.74 Å². The number of aromatic nitrogens is 6. The molecule has 1 aliphatic rings. The van der Waals surface area contributed by atoms with Crippen LogP contribution in [0.25, 0.3) is 27.8 Å². The van der Waals surface area contributed by atoms with Crippen molar-refractivity contribution in [2.45, 2.75) is 13.0 Å². The molecule has 10 nitrogen and oxygen atoms in total. The van der Waals surface area contributed by atoms with Gasteiger partial charge in [0.2, 0.25) is 0 Å². The lowest BCUT2D eigenvalue weighted by Gasteiger charge is -2.32. The van der Waals surface area contributed by atoms with Gasteiger partial charge in [-0.1, -0.05) is 6.07 Å². The van der Waals surface area contributed by atoms with Gasteiger partial charge in [-0.2, -0.15) is 0 Å². The van der Waals surface area contributed by atoms with E-state index in [2.05, 4.69) is 43.5 Å². The summed E-state index contributed by atoms with van der Waals surface area (Å²) in [6.45, 7) is 4.53. The summed E-state index contributed by atoms with van der Waals surface area (Å²) in [5, 5.41) is 13.0. The normalized spacial score (nSPS) is 16.1. The minimum atomic E-state index is 0.205. The third kappa shape index (κ3) is 4.08. The fourth-order valence-electron chi connectivity index (χ4n) is 4.38. The number of anilines is 4. The summed E-state index contributed by atoms with van der Waals surface area (Å²) in [4.78, 5) is 20.6. The number of morpholine rings is 1. The van der Waals surface area contributed by atoms with E-state index in [1.165, 1.54) is 0 Å². The number of hydrogen-bond acceptors (Lipinski definition) is 9. The number of nitrogens with zero attached hydrogens (tertiary/aromatic N) is 7. The highest BCUT2D eigenvalue weighted by molar-refractivity contribution is 6.01. The molecule has 0 unspecified atom stereocenters. The maximum atomic E-state index is 5.68. The number of rotatable bonds is 5. The second kappa shape index (κ2) is 8.80. The minimum absolute atomic E-state index is 0.205. The van der Waals surface area contributed by atoms with E-state index < -0.39 is 0 Å². The van der Waals surface area contributed by atoms with E-state index in [4.69, 9.17) is 14.8 Å². The van der Waals surface area contributed by atoms with Gasteiger partial charge in [-0.05, 0) is 37.3 Å². The molecule has 176 valence electrons. The van der Waals surface area contributed by atoms with Crippen LogP contribution in [0.1, 0.15) is 6.92 Å². The van der Waals surface area contributed by atoms with Crippen LogP contribution in [0.3, 0.4) is 0 Å². The summed E-state index contributed by atoms with van der Waals surface area (Å²) in [5.74, 6) is 2.75. The van der Waals surface area contributed by atoms with Gasteiger partial charge in [0.15, 0.2) is 11.5 Å². The lowest BCUT2D eigenvalue weighted by atomic mass is 10.1. The zero-order valence-electron chi connectivity index (χ0n) is 19.5. The molecule has 1 aliphatic heterocycles. The van der Waals surface area contributed by atoms with Crippen LogP contribution in [0.5, 0.6) is 0 Å². The molecule has 0 spiro atoms. The number of pyridine rings is 4. The summed E-state index contributed by atoms with van der Waals surface area (Å²) in [6, 6.07) is 11.8. The van der Waals surface area contributed by atoms with Crippen LogP contribution in [0.15, 0.2) is 61.2 Å². The highest BCUT2D eigenvalue weighted by Crippen LogP contribution is 2.32. The highest BCUT2D eigenvalue weighted by atomic mass is 16.5. The van der Waals surface area contributed by atoms with Gasteiger partial charge in [0.05, 0.1) is 24.6 Å². The molecule has 0 aromatic carbocycles. The number of ether oxygens (including phenoxy) is 1. The van der Waals surface area contributed by atoms with Crippen molar-refractivity contribution in [2.24, 2.45) is 0 Å². The molecule has 1 saturated heterocycles. The lowest BCUT2D eigenvalue weighted by molar-refractivity contribution is 0.0532. The fraction of sp³-hybridized carbons (Fsp3) is 0.240. The second-order valence-corrected chi connectivity index (χ2v) is 8.48. The third-order valence-corrected chi connectivity index (χ3v) is 6.09. The quantitative estimate of drug-likeness (QED) is 0.400. The molecule has 10 heteroatoms. The largest absolute Gasteiger partial charge is 0.375 e. The van der Waals surface area contributed by atoms with E-state index in [0.717, 1.165) is 59.0 Å². The Morgan fingerprint density at radius 1 is 1.03 bits per heavy atom. The maximum absolute atomic E-state index is 5.68. The molecule has 6 rings (SSSR count). The van der Waals surface area contributed by atoms with Crippen molar-refractivity contribution in [3.63, 3.8) is 0 Å². The van der Waals surface area contributed by atoms with Crippen LogP contribution >= 0.6 is 0 Å². The molecule has 0 bridgehead atoms. The van der Waals surface area contributed by atoms with E-state index in [9.17, 15) is 0 Å². The molecule has 6 heterocycles. The Morgan fingerprint density at radius 2 is 1.97 bits per heavy atom. The fourth-order valence-corrected chi connectivity index (χ4v) is 4.38. The summed E-state index contributed by atoms with van der Waals surface area (Å²) in [6.07, 6.45) is 7.58. The number of nitrogens with one attached hydrogen (secondary N) is 2. The van der Waals surface area contributed by atoms with Crippen molar-refractivity contribution in [1.82, 2.24) is 29.5 Å². The molecule has 0 saturated carbocycles. The first-order valence-corrected chi connectivity index (χ1v) is 11.6. The van der Waals surface area contributed by atoms with Crippen LogP contribution < -0.4 is 15.5 Å². The van der Waals surface area contributed by atoms with Gasteiger partial charge < -0.3 is 20.3 Å². The average molecular weight is 468 g/mol. The van der Waals surface area contributed by atoms with Crippen LogP contribution in [0.4, 0.5) is 23.1 Å². The van der Waals surface area contributed by atoms with Gasteiger partial charge in [-0.3, -0.25) is 0 Å². The predicted molar refractivity (Wildman–Crippen MR) is 136 cm³/mol. The maximum Gasteiger partial charge on any atom is 0.184 e.